The number of nitrogens with one attached hydrogen (secondary N) is 1. The molecule has 3 nitrogen and oxygen atoms in total. The Bertz CT molecular complexity index is 2670. The lowest BCUT2D eigenvalue weighted by Crippen LogP contribution is -1.97. The SMILES string of the molecule is c1ccc(Cc2cc(-n3c4ccccc4c4ccccc43)cc3c2[nH]c2ccc(-n4c5ccccc5c5ccccc54)cc23)cc1. The number of para-hydroxylation sites is 4. The average molecular weight is 588 g/mol. The van der Waals surface area contributed by atoms with Gasteiger partial charge in [-0.3, -0.25) is 0 Å². The van der Waals surface area contributed by atoms with Crippen molar-refractivity contribution in [1.29, 1.82) is 0 Å². The lowest BCUT2D eigenvalue weighted by Gasteiger charge is -2.12. The first-order valence-electron chi connectivity index (χ1n) is 15.9. The molecule has 0 amide bonds. The number of H-pyrrole nitrogens is 1. The molecule has 0 bridgehead atoms. The first kappa shape index (κ1) is 25.3. The van der Waals surface area contributed by atoms with Gasteiger partial charge in [-0.1, -0.05) is 103 Å². The molecular formula is C43H29N3. The molecule has 0 aliphatic carbocycles. The molecule has 46 heavy (non-hydrogen) atoms. The molecule has 3 heteroatoms. The molecular weight excluding hydrogens is 558 g/mol. The van der Waals surface area contributed by atoms with Crippen LogP contribution in [0.15, 0.2) is 158 Å². The van der Waals surface area contributed by atoms with Crippen LogP contribution < -0.4 is 0 Å². The van der Waals surface area contributed by atoms with Crippen molar-refractivity contribution in [2.24, 2.45) is 0 Å². The van der Waals surface area contributed by atoms with Crippen LogP contribution in [-0.2, 0) is 6.42 Å². The molecule has 0 aliphatic rings. The molecule has 3 aromatic heterocycles. The zero-order chi connectivity index (χ0) is 30.2. The van der Waals surface area contributed by atoms with Gasteiger partial charge in [-0.15, -0.1) is 0 Å². The Balaban J connectivity index is 1.28. The Hall–Kier alpha value is -6.06. The van der Waals surface area contributed by atoms with E-state index in [1.807, 2.05) is 0 Å². The van der Waals surface area contributed by atoms with Crippen molar-refractivity contribution in [3.05, 3.63) is 169 Å². The third-order valence-electron chi connectivity index (χ3n) is 9.67. The van der Waals surface area contributed by atoms with Crippen molar-refractivity contribution in [2.75, 3.05) is 0 Å². The van der Waals surface area contributed by atoms with Crippen molar-refractivity contribution in [1.82, 2.24) is 14.1 Å². The fraction of sp³-hybridized carbons (Fsp3) is 0.0233. The molecule has 0 spiro atoms. The summed E-state index contributed by atoms with van der Waals surface area (Å²) in [6, 6.07) is 57.4. The predicted octanol–water partition coefficient (Wildman–Crippen LogP) is 11.1. The summed E-state index contributed by atoms with van der Waals surface area (Å²) < 4.78 is 4.85. The van der Waals surface area contributed by atoms with Gasteiger partial charge in [-0.2, -0.15) is 0 Å². The van der Waals surface area contributed by atoms with Crippen molar-refractivity contribution < 1.29 is 0 Å². The molecule has 3 heterocycles. The quantitative estimate of drug-likeness (QED) is 0.212. The van der Waals surface area contributed by atoms with Gasteiger partial charge in [0.2, 0.25) is 0 Å². The highest BCUT2D eigenvalue weighted by Gasteiger charge is 2.18. The highest BCUT2D eigenvalue weighted by atomic mass is 15.0. The molecule has 0 saturated heterocycles. The maximum atomic E-state index is 3.84. The van der Waals surface area contributed by atoms with Crippen LogP contribution in [-0.4, -0.2) is 14.1 Å². The van der Waals surface area contributed by atoms with E-state index < -0.39 is 0 Å². The van der Waals surface area contributed by atoms with Crippen LogP contribution in [0, 0.1) is 0 Å². The van der Waals surface area contributed by atoms with Crippen molar-refractivity contribution in [3.8, 4) is 11.4 Å². The van der Waals surface area contributed by atoms with Crippen LogP contribution in [0.2, 0.25) is 0 Å². The first-order valence-corrected chi connectivity index (χ1v) is 15.9. The van der Waals surface area contributed by atoms with Crippen molar-refractivity contribution >= 4 is 65.4 Å². The number of nitrogens with zero attached hydrogens (tertiary/aromatic N) is 2. The first-order chi connectivity index (χ1) is 22.8. The number of hydrogen-bond acceptors (Lipinski definition) is 0. The Morgan fingerprint density at radius 2 is 0.870 bits per heavy atom. The summed E-state index contributed by atoms with van der Waals surface area (Å²) in [5, 5.41) is 7.56. The van der Waals surface area contributed by atoms with E-state index >= 15 is 0 Å². The monoisotopic (exact) mass is 587 g/mol. The maximum Gasteiger partial charge on any atom is 0.0541 e. The standard InChI is InChI=1S/C43H29N3/c1-2-12-28(13-3-1)24-29-25-31(46-41-20-10-6-16-34(41)35-17-7-11-21-42(35)46)27-37-36-26-30(22-23-38(36)44-43(29)37)45-39-18-8-4-14-32(39)33-15-5-9-19-40(33)45/h1-23,25-27,44H,24H2. The Morgan fingerprint density at radius 3 is 1.43 bits per heavy atom. The van der Waals surface area contributed by atoms with Crippen LogP contribution in [0.1, 0.15) is 11.1 Å². The van der Waals surface area contributed by atoms with E-state index in [-0.39, 0.29) is 0 Å². The highest BCUT2D eigenvalue weighted by Crippen LogP contribution is 2.38. The normalized spacial score (nSPS) is 12.0. The molecule has 0 aliphatic heterocycles. The van der Waals surface area contributed by atoms with Gasteiger partial charge in [-0.05, 0) is 72.1 Å². The molecule has 0 atom stereocenters. The number of benzene rings is 7. The second-order valence-corrected chi connectivity index (χ2v) is 12.3. The van der Waals surface area contributed by atoms with Crippen LogP contribution in [0.4, 0.5) is 0 Å². The predicted molar refractivity (Wildman–Crippen MR) is 194 cm³/mol. The number of aromatic amines is 1. The van der Waals surface area contributed by atoms with Crippen LogP contribution >= 0.6 is 0 Å². The fourth-order valence-corrected chi connectivity index (χ4v) is 7.67. The minimum absolute atomic E-state index is 0.842. The van der Waals surface area contributed by atoms with Gasteiger partial charge in [0.25, 0.3) is 0 Å². The number of hydrogen-bond donors (Lipinski definition) is 1. The molecule has 0 saturated carbocycles. The van der Waals surface area contributed by atoms with Crippen LogP contribution in [0.25, 0.3) is 76.8 Å². The summed E-state index contributed by atoms with van der Waals surface area (Å²) in [5.41, 5.74) is 12.2. The molecule has 0 unspecified atom stereocenters. The fourth-order valence-electron chi connectivity index (χ4n) is 7.67. The van der Waals surface area contributed by atoms with E-state index in [0.29, 0.717) is 0 Å². The number of fused-ring (bicyclic) bond motifs is 9. The van der Waals surface area contributed by atoms with E-state index in [2.05, 4.69) is 172 Å². The molecule has 0 fully saturated rings. The minimum atomic E-state index is 0.842. The molecule has 1 N–H and O–H groups in total. The van der Waals surface area contributed by atoms with Crippen LogP contribution in [0.3, 0.4) is 0 Å². The smallest absolute Gasteiger partial charge is 0.0541 e. The lowest BCUT2D eigenvalue weighted by atomic mass is 10.0. The van der Waals surface area contributed by atoms with Crippen LogP contribution in [0.5, 0.6) is 0 Å². The van der Waals surface area contributed by atoms with E-state index in [4.69, 9.17) is 0 Å². The maximum absolute atomic E-state index is 3.84. The van der Waals surface area contributed by atoms with Crippen molar-refractivity contribution in [2.45, 2.75) is 6.42 Å². The average Bonchev–Trinajstić information content (AvgIpc) is 3.76. The van der Waals surface area contributed by atoms with Gasteiger partial charge in [0.15, 0.2) is 0 Å². The Labute approximate surface area is 265 Å². The third kappa shape index (κ3) is 3.66. The topological polar surface area (TPSA) is 25.6 Å². The molecule has 7 aromatic carbocycles. The molecule has 216 valence electrons. The summed E-state index contributed by atoms with van der Waals surface area (Å²) in [5.74, 6) is 0. The Morgan fingerprint density at radius 1 is 0.391 bits per heavy atom. The van der Waals surface area contributed by atoms with Gasteiger partial charge in [-0.25, -0.2) is 0 Å². The van der Waals surface area contributed by atoms with Gasteiger partial charge in [0.05, 0.1) is 27.6 Å². The largest absolute Gasteiger partial charge is 0.354 e. The molecule has 10 rings (SSSR count). The minimum Gasteiger partial charge on any atom is -0.354 e. The lowest BCUT2D eigenvalue weighted by molar-refractivity contribution is 1.15. The second-order valence-electron chi connectivity index (χ2n) is 12.3. The van der Waals surface area contributed by atoms with Crippen molar-refractivity contribution in [3.63, 3.8) is 0 Å². The zero-order valence-corrected chi connectivity index (χ0v) is 25.1. The third-order valence-corrected chi connectivity index (χ3v) is 9.67. The zero-order valence-electron chi connectivity index (χ0n) is 25.1. The van der Waals surface area contributed by atoms with E-state index in [9.17, 15) is 0 Å². The van der Waals surface area contributed by atoms with E-state index in [0.717, 1.165) is 17.6 Å². The summed E-state index contributed by atoms with van der Waals surface area (Å²) in [4.78, 5) is 3.84. The summed E-state index contributed by atoms with van der Waals surface area (Å²) in [6.07, 6.45) is 0.842. The van der Waals surface area contributed by atoms with Gasteiger partial charge in [0, 0.05) is 49.2 Å². The number of aromatic nitrogens is 3. The summed E-state index contributed by atoms with van der Waals surface area (Å²) >= 11 is 0. The van der Waals surface area contributed by atoms with E-state index in [1.165, 1.54) is 76.7 Å². The highest BCUT2D eigenvalue weighted by molar-refractivity contribution is 6.13. The molecule has 10 aromatic rings. The molecule has 0 radical (unpaired) electrons. The Kier molecular flexibility index (Phi) is 5.34. The number of rotatable bonds is 4. The second kappa shape index (κ2) is 9.72. The summed E-state index contributed by atoms with van der Waals surface area (Å²) in [6.45, 7) is 0. The van der Waals surface area contributed by atoms with Gasteiger partial charge >= 0.3 is 0 Å². The van der Waals surface area contributed by atoms with E-state index in [1.54, 1.807) is 0 Å². The van der Waals surface area contributed by atoms with Gasteiger partial charge in [0.1, 0.15) is 0 Å². The summed E-state index contributed by atoms with van der Waals surface area (Å²) in [7, 11) is 0. The van der Waals surface area contributed by atoms with Gasteiger partial charge < -0.3 is 14.1 Å².